The number of aromatic nitrogens is 1. The number of oxazole rings is 1. The smallest absolute Gasteiger partial charge is 0.408 e. The number of rotatable bonds is 6. The molecule has 0 aliphatic carbocycles. The van der Waals surface area contributed by atoms with Crippen LogP contribution in [0.3, 0.4) is 0 Å². The van der Waals surface area contributed by atoms with Gasteiger partial charge < -0.3 is 9.73 Å². The van der Waals surface area contributed by atoms with Crippen molar-refractivity contribution in [2.75, 3.05) is 0 Å². The van der Waals surface area contributed by atoms with Gasteiger partial charge in [0.05, 0.1) is 5.52 Å². The van der Waals surface area contributed by atoms with Gasteiger partial charge in [0.15, 0.2) is 5.58 Å². The third-order valence-electron chi connectivity index (χ3n) is 3.49. The van der Waals surface area contributed by atoms with Crippen molar-refractivity contribution in [1.29, 1.82) is 0 Å². The van der Waals surface area contributed by atoms with Gasteiger partial charge in [-0.2, -0.15) is 0 Å². The fraction of sp³-hybridized carbons (Fsp3) is 0.467. The van der Waals surface area contributed by atoms with E-state index in [1.165, 1.54) is 4.57 Å². The lowest BCUT2D eigenvalue weighted by atomic mass is 10.1. The zero-order valence-corrected chi connectivity index (χ0v) is 11.9. The highest BCUT2D eigenvalue weighted by Crippen LogP contribution is 2.12. The van der Waals surface area contributed by atoms with Gasteiger partial charge in [0, 0.05) is 19.0 Å². The van der Waals surface area contributed by atoms with Crippen molar-refractivity contribution in [3.8, 4) is 0 Å². The lowest BCUT2D eigenvalue weighted by Crippen LogP contribution is -2.34. The lowest BCUT2D eigenvalue weighted by molar-refractivity contribution is -0.122. The summed E-state index contributed by atoms with van der Waals surface area (Å²) in [5.74, 6) is -0.447. The molecule has 0 fully saturated rings. The number of fused-ring (bicyclic) bond motifs is 1. The number of hydrogen-bond donors (Lipinski definition) is 1. The summed E-state index contributed by atoms with van der Waals surface area (Å²) in [4.78, 5) is 23.6. The highest BCUT2D eigenvalue weighted by Gasteiger charge is 2.12. The Morgan fingerprint density at radius 3 is 2.70 bits per heavy atom. The molecule has 5 heteroatoms. The van der Waals surface area contributed by atoms with Crippen LogP contribution in [0.2, 0.25) is 0 Å². The van der Waals surface area contributed by atoms with E-state index >= 15 is 0 Å². The summed E-state index contributed by atoms with van der Waals surface area (Å²) in [6, 6.07) is 7.43. The number of amides is 1. The molecule has 0 radical (unpaired) electrons. The van der Waals surface area contributed by atoms with E-state index in [0.717, 1.165) is 18.4 Å². The average molecular weight is 276 g/mol. The summed E-state index contributed by atoms with van der Waals surface area (Å²) >= 11 is 0. The van der Waals surface area contributed by atoms with Crippen LogP contribution >= 0.6 is 0 Å². The second-order valence-electron chi connectivity index (χ2n) is 4.82. The number of aryl methyl sites for hydroxylation is 1. The maximum absolute atomic E-state index is 11.9. The van der Waals surface area contributed by atoms with Crippen molar-refractivity contribution in [1.82, 2.24) is 9.88 Å². The van der Waals surface area contributed by atoms with E-state index in [2.05, 4.69) is 5.32 Å². The molecule has 1 aromatic heterocycles. The largest absolute Gasteiger partial charge is 0.419 e. The monoisotopic (exact) mass is 276 g/mol. The summed E-state index contributed by atoms with van der Waals surface area (Å²) in [5, 5.41) is 2.96. The number of para-hydroxylation sites is 2. The highest BCUT2D eigenvalue weighted by atomic mass is 16.4. The molecule has 0 saturated carbocycles. The fourth-order valence-corrected chi connectivity index (χ4v) is 2.23. The maximum Gasteiger partial charge on any atom is 0.419 e. The standard InChI is InChI=1S/C15H20N2O3/c1-3-11(4-2)16-14(18)9-10-17-12-7-5-6-8-13(12)20-15(17)19/h5-8,11H,3-4,9-10H2,1-2H3,(H,16,18). The molecule has 0 aliphatic rings. The molecule has 20 heavy (non-hydrogen) atoms. The molecule has 0 unspecified atom stereocenters. The van der Waals surface area contributed by atoms with Gasteiger partial charge in [-0.1, -0.05) is 26.0 Å². The molecule has 0 saturated heterocycles. The molecule has 1 aromatic carbocycles. The molecule has 1 N–H and O–H groups in total. The molecule has 1 amide bonds. The Morgan fingerprint density at radius 1 is 1.30 bits per heavy atom. The minimum absolute atomic E-state index is 0.0316. The van der Waals surface area contributed by atoms with E-state index in [-0.39, 0.29) is 18.4 Å². The van der Waals surface area contributed by atoms with E-state index in [0.29, 0.717) is 12.1 Å². The zero-order valence-electron chi connectivity index (χ0n) is 11.9. The van der Waals surface area contributed by atoms with Gasteiger partial charge in [-0.15, -0.1) is 0 Å². The molecule has 5 nitrogen and oxygen atoms in total. The van der Waals surface area contributed by atoms with Crippen LogP contribution in [0.4, 0.5) is 0 Å². The predicted molar refractivity (Wildman–Crippen MR) is 77.6 cm³/mol. The lowest BCUT2D eigenvalue weighted by Gasteiger charge is -2.14. The van der Waals surface area contributed by atoms with E-state index in [1.807, 2.05) is 32.0 Å². The topological polar surface area (TPSA) is 64.2 Å². The van der Waals surface area contributed by atoms with Crippen LogP contribution < -0.4 is 11.1 Å². The molecular formula is C15H20N2O3. The van der Waals surface area contributed by atoms with Gasteiger partial charge in [0.25, 0.3) is 0 Å². The van der Waals surface area contributed by atoms with Crippen LogP contribution in [0.15, 0.2) is 33.5 Å². The van der Waals surface area contributed by atoms with Gasteiger partial charge in [-0.3, -0.25) is 9.36 Å². The number of nitrogens with zero attached hydrogens (tertiary/aromatic N) is 1. The van der Waals surface area contributed by atoms with Crippen LogP contribution in [0.1, 0.15) is 33.1 Å². The summed E-state index contributed by atoms with van der Waals surface area (Å²) < 4.78 is 6.63. The number of nitrogens with one attached hydrogen (secondary N) is 1. The van der Waals surface area contributed by atoms with Crippen molar-refractivity contribution >= 4 is 17.0 Å². The molecule has 1 heterocycles. The van der Waals surface area contributed by atoms with E-state index in [1.54, 1.807) is 6.07 Å². The molecule has 0 spiro atoms. The van der Waals surface area contributed by atoms with Gasteiger partial charge >= 0.3 is 5.76 Å². The number of carbonyl (C=O) groups is 1. The maximum atomic E-state index is 11.9. The van der Waals surface area contributed by atoms with Crippen molar-refractivity contribution in [3.05, 3.63) is 34.8 Å². The van der Waals surface area contributed by atoms with E-state index in [9.17, 15) is 9.59 Å². The highest BCUT2D eigenvalue weighted by molar-refractivity contribution is 5.77. The van der Waals surface area contributed by atoms with Crippen LogP contribution in [0.25, 0.3) is 11.1 Å². The first-order valence-corrected chi connectivity index (χ1v) is 7.03. The summed E-state index contributed by atoms with van der Waals surface area (Å²) in [6.45, 7) is 4.42. The molecule has 2 rings (SSSR count). The molecule has 0 bridgehead atoms. The Bertz CT molecular complexity index is 638. The van der Waals surface area contributed by atoms with Gasteiger partial charge in [0.1, 0.15) is 0 Å². The average Bonchev–Trinajstić information content (AvgIpc) is 2.78. The summed E-state index contributed by atoms with van der Waals surface area (Å²) in [6.07, 6.45) is 2.10. The van der Waals surface area contributed by atoms with Crippen molar-refractivity contribution in [3.63, 3.8) is 0 Å². The summed E-state index contributed by atoms with van der Waals surface area (Å²) in [5.41, 5.74) is 1.28. The zero-order chi connectivity index (χ0) is 14.5. The fourth-order valence-electron chi connectivity index (χ4n) is 2.23. The van der Waals surface area contributed by atoms with Crippen molar-refractivity contribution in [2.24, 2.45) is 0 Å². The Hall–Kier alpha value is -2.04. The minimum atomic E-state index is -0.415. The van der Waals surface area contributed by atoms with Crippen LogP contribution in [-0.4, -0.2) is 16.5 Å². The first-order chi connectivity index (χ1) is 9.65. The first kappa shape index (κ1) is 14.4. The second kappa shape index (κ2) is 6.41. The molecule has 2 aromatic rings. The van der Waals surface area contributed by atoms with Crippen molar-refractivity contribution in [2.45, 2.75) is 45.7 Å². The minimum Gasteiger partial charge on any atom is -0.408 e. The van der Waals surface area contributed by atoms with Crippen molar-refractivity contribution < 1.29 is 9.21 Å². The van der Waals surface area contributed by atoms with Gasteiger partial charge in [-0.25, -0.2) is 4.79 Å². The second-order valence-corrected chi connectivity index (χ2v) is 4.82. The third-order valence-corrected chi connectivity index (χ3v) is 3.49. The SMILES string of the molecule is CCC(CC)NC(=O)CCn1c(=O)oc2ccccc21. The predicted octanol–water partition coefficient (Wildman–Crippen LogP) is 2.29. The Kier molecular flexibility index (Phi) is 4.61. The number of benzene rings is 1. The Balaban J connectivity index is 2.04. The molecule has 0 atom stereocenters. The Morgan fingerprint density at radius 2 is 2.00 bits per heavy atom. The van der Waals surface area contributed by atoms with Crippen LogP contribution in [-0.2, 0) is 11.3 Å². The van der Waals surface area contributed by atoms with E-state index < -0.39 is 5.76 Å². The molecule has 108 valence electrons. The normalized spacial score (nSPS) is 11.2. The number of hydrogen-bond acceptors (Lipinski definition) is 3. The Labute approximate surface area is 117 Å². The molecular weight excluding hydrogens is 256 g/mol. The summed E-state index contributed by atoms with van der Waals surface area (Å²) in [7, 11) is 0. The van der Waals surface area contributed by atoms with E-state index in [4.69, 9.17) is 4.42 Å². The van der Waals surface area contributed by atoms with Gasteiger partial charge in [0.2, 0.25) is 5.91 Å². The first-order valence-electron chi connectivity index (χ1n) is 7.03. The third kappa shape index (κ3) is 3.10. The molecule has 0 aliphatic heterocycles. The van der Waals surface area contributed by atoms with Crippen LogP contribution in [0, 0.1) is 0 Å². The number of carbonyl (C=O) groups excluding carboxylic acids is 1. The van der Waals surface area contributed by atoms with Crippen LogP contribution in [0.5, 0.6) is 0 Å². The quantitative estimate of drug-likeness (QED) is 0.880. The van der Waals surface area contributed by atoms with Gasteiger partial charge in [-0.05, 0) is 25.0 Å².